The van der Waals surface area contributed by atoms with Crippen molar-refractivity contribution in [3.05, 3.63) is 87.9 Å². The lowest BCUT2D eigenvalue weighted by Gasteiger charge is -2.27. The quantitative estimate of drug-likeness (QED) is 0.448. The monoisotopic (exact) mass is 429 g/mol. The van der Waals surface area contributed by atoms with Crippen LogP contribution in [-0.4, -0.2) is 29.0 Å². The summed E-state index contributed by atoms with van der Waals surface area (Å²) in [5.41, 5.74) is 4.94. The number of ether oxygens (including phenoxy) is 1. The topological polar surface area (TPSA) is 75.3 Å². The highest BCUT2D eigenvalue weighted by Crippen LogP contribution is 2.45. The second-order valence-electron chi connectivity index (χ2n) is 7.30. The van der Waals surface area contributed by atoms with E-state index in [1.165, 1.54) is 6.92 Å². The Morgan fingerprint density at radius 2 is 1.87 bits per heavy atom. The smallest absolute Gasteiger partial charge is 0.277 e. The molecule has 2 aromatic carbocycles. The summed E-state index contributed by atoms with van der Waals surface area (Å²) in [5, 5.41) is 11.0. The van der Waals surface area contributed by atoms with Crippen molar-refractivity contribution in [2.75, 3.05) is 12.0 Å². The minimum Gasteiger partial charge on any atom is -0.496 e. The molecule has 0 saturated carbocycles. The van der Waals surface area contributed by atoms with Crippen molar-refractivity contribution in [3.8, 4) is 16.9 Å². The van der Waals surface area contributed by atoms with E-state index < -0.39 is 6.04 Å². The number of H-pyrrole nitrogens is 1. The fourth-order valence-electron chi connectivity index (χ4n) is 4.11. The van der Waals surface area contributed by atoms with Crippen LogP contribution < -0.4 is 9.64 Å². The van der Waals surface area contributed by atoms with Gasteiger partial charge in [0, 0.05) is 23.7 Å². The highest BCUT2D eigenvalue weighted by atomic mass is 32.1. The molecule has 0 bridgehead atoms. The predicted molar refractivity (Wildman–Crippen MR) is 120 cm³/mol. The Balaban J connectivity index is 1.67. The molecule has 4 aromatic rings. The third-order valence-corrected chi connectivity index (χ3v) is 6.22. The van der Waals surface area contributed by atoms with Gasteiger partial charge in [0.2, 0.25) is 0 Å². The lowest BCUT2D eigenvalue weighted by atomic mass is 9.96. The summed E-state index contributed by atoms with van der Waals surface area (Å²) in [6, 6.07) is 16.9. The Kier molecular flexibility index (Phi) is 4.67. The van der Waals surface area contributed by atoms with Crippen LogP contribution in [0.2, 0.25) is 0 Å². The van der Waals surface area contributed by atoms with Gasteiger partial charge in [0.1, 0.15) is 17.1 Å². The summed E-state index contributed by atoms with van der Waals surface area (Å²) < 4.78 is 5.58. The number of rotatable bonds is 5. The van der Waals surface area contributed by atoms with Crippen LogP contribution in [0.5, 0.6) is 5.75 Å². The first-order valence-corrected chi connectivity index (χ1v) is 10.7. The van der Waals surface area contributed by atoms with Gasteiger partial charge in [-0.1, -0.05) is 30.3 Å². The number of carbonyl (C=O) groups excluding carboxylic acids is 2. The first-order chi connectivity index (χ1) is 15.1. The number of ketones is 1. The van der Waals surface area contributed by atoms with Crippen LogP contribution in [0.1, 0.15) is 45.1 Å². The second kappa shape index (κ2) is 7.52. The van der Waals surface area contributed by atoms with Crippen LogP contribution in [-0.2, 0) is 0 Å². The number of aromatic nitrogens is 2. The van der Waals surface area contributed by atoms with Crippen LogP contribution in [0.3, 0.4) is 0 Å². The maximum atomic E-state index is 13.4. The van der Waals surface area contributed by atoms with Gasteiger partial charge in [-0.05, 0) is 46.2 Å². The Morgan fingerprint density at radius 1 is 1.10 bits per heavy atom. The Morgan fingerprint density at radius 3 is 2.55 bits per heavy atom. The van der Waals surface area contributed by atoms with Gasteiger partial charge in [0.25, 0.3) is 5.91 Å². The first-order valence-electron chi connectivity index (χ1n) is 9.78. The average molecular weight is 430 g/mol. The lowest BCUT2D eigenvalue weighted by molar-refractivity contribution is 0.0983. The van der Waals surface area contributed by atoms with Crippen molar-refractivity contribution < 1.29 is 14.3 Å². The highest BCUT2D eigenvalue weighted by Gasteiger charge is 2.44. The van der Waals surface area contributed by atoms with Crippen molar-refractivity contribution in [2.24, 2.45) is 0 Å². The molecule has 1 amide bonds. The molecule has 1 aliphatic heterocycles. The summed E-state index contributed by atoms with van der Waals surface area (Å²) in [6.07, 6.45) is 0. The molecule has 2 aromatic heterocycles. The van der Waals surface area contributed by atoms with Gasteiger partial charge in [0.15, 0.2) is 5.78 Å². The molecule has 1 atom stereocenters. The van der Waals surface area contributed by atoms with E-state index in [4.69, 9.17) is 4.74 Å². The molecule has 0 aliphatic carbocycles. The Hall–Kier alpha value is -3.71. The zero-order chi connectivity index (χ0) is 21.5. The van der Waals surface area contributed by atoms with Gasteiger partial charge in [0.05, 0.1) is 13.2 Å². The summed E-state index contributed by atoms with van der Waals surface area (Å²) >= 11 is 1.64. The van der Waals surface area contributed by atoms with E-state index >= 15 is 0 Å². The SMILES string of the molecule is COc1ccccc1C1c2c(C(C)=O)n[nH]c2C(=O)N1c1ccc(-c2ccsc2)cc1. The van der Waals surface area contributed by atoms with Crippen LogP contribution >= 0.6 is 11.3 Å². The minimum absolute atomic E-state index is 0.195. The number of nitrogens with one attached hydrogen (secondary N) is 1. The van der Waals surface area contributed by atoms with Gasteiger partial charge >= 0.3 is 0 Å². The molecule has 6 nitrogen and oxygen atoms in total. The van der Waals surface area contributed by atoms with Crippen molar-refractivity contribution in [3.63, 3.8) is 0 Å². The van der Waals surface area contributed by atoms with E-state index in [0.29, 0.717) is 17.0 Å². The molecule has 1 aliphatic rings. The zero-order valence-corrected chi connectivity index (χ0v) is 17.8. The maximum Gasteiger partial charge on any atom is 0.277 e. The molecular weight excluding hydrogens is 410 g/mol. The van der Waals surface area contributed by atoms with Crippen molar-refractivity contribution >= 4 is 28.7 Å². The first kappa shape index (κ1) is 19.3. The third kappa shape index (κ3) is 3.05. The third-order valence-electron chi connectivity index (χ3n) is 5.54. The number of hydrogen-bond acceptors (Lipinski definition) is 5. The number of anilines is 1. The number of amides is 1. The molecule has 3 heterocycles. The molecule has 1 N–H and O–H groups in total. The second-order valence-corrected chi connectivity index (χ2v) is 8.08. The number of fused-ring (bicyclic) bond motifs is 1. The fraction of sp³-hybridized carbons (Fsp3) is 0.125. The number of thiophene rings is 1. The molecule has 7 heteroatoms. The standard InChI is InChI=1S/C24H19N3O3S/c1-14(28)21-20-22(26-25-21)24(29)27(23(20)18-5-3-4-6-19(18)30-2)17-9-7-15(8-10-17)16-11-12-31-13-16/h3-13,23H,1-2H3,(H,25,26). The molecule has 1 unspecified atom stereocenters. The van der Waals surface area contributed by atoms with Gasteiger partial charge < -0.3 is 4.74 Å². The number of Topliss-reactive ketones (excluding diaryl/α,β-unsaturated/α-hetero) is 1. The molecule has 0 saturated heterocycles. The van der Waals surface area contributed by atoms with Crippen LogP contribution in [0.15, 0.2) is 65.4 Å². The molecule has 5 rings (SSSR count). The molecule has 0 fully saturated rings. The predicted octanol–water partition coefficient (Wildman–Crippen LogP) is 5.10. The summed E-state index contributed by atoms with van der Waals surface area (Å²) in [7, 11) is 1.59. The average Bonchev–Trinajstić information content (AvgIpc) is 3.52. The van der Waals surface area contributed by atoms with E-state index in [1.54, 1.807) is 23.3 Å². The number of nitrogens with zero attached hydrogens (tertiary/aromatic N) is 2. The molecule has 154 valence electrons. The van der Waals surface area contributed by atoms with Crippen molar-refractivity contribution in [1.82, 2.24) is 10.2 Å². The van der Waals surface area contributed by atoms with E-state index in [0.717, 1.165) is 22.4 Å². The summed E-state index contributed by atoms with van der Waals surface area (Å²) in [5.74, 6) is 0.220. The summed E-state index contributed by atoms with van der Waals surface area (Å²) in [6.45, 7) is 1.46. The number of para-hydroxylation sites is 1. The number of hydrogen-bond donors (Lipinski definition) is 1. The van der Waals surface area contributed by atoms with Crippen LogP contribution in [0, 0.1) is 0 Å². The maximum absolute atomic E-state index is 13.4. The molecular formula is C24H19N3O3S. The van der Waals surface area contributed by atoms with Crippen LogP contribution in [0.4, 0.5) is 5.69 Å². The number of aromatic amines is 1. The van der Waals surface area contributed by atoms with Crippen molar-refractivity contribution in [2.45, 2.75) is 13.0 Å². The van der Waals surface area contributed by atoms with Gasteiger partial charge in [-0.2, -0.15) is 16.4 Å². The van der Waals surface area contributed by atoms with E-state index in [9.17, 15) is 9.59 Å². The van der Waals surface area contributed by atoms with Crippen molar-refractivity contribution in [1.29, 1.82) is 0 Å². The number of carbonyl (C=O) groups is 2. The molecule has 31 heavy (non-hydrogen) atoms. The fourth-order valence-corrected chi connectivity index (χ4v) is 4.78. The number of benzene rings is 2. The number of methoxy groups -OCH3 is 1. The minimum atomic E-state index is -0.525. The van der Waals surface area contributed by atoms with Gasteiger partial charge in [-0.25, -0.2) is 0 Å². The highest BCUT2D eigenvalue weighted by molar-refractivity contribution is 7.08. The lowest BCUT2D eigenvalue weighted by Crippen LogP contribution is -2.29. The summed E-state index contributed by atoms with van der Waals surface area (Å²) in [4.78, 5) is 27.4. The zero-order valence-electron chi connectivity index (χ0n) is 17.0. The van der Waals surface area contributed by atoms with E-state index in [2.05, 4.69) is 21.6 Å². The Labute approximate surface area is 183 Å². The van der Waals surface area contributed by atoms with E-state index in [1.807, 2.05) is 53.9 Å². The largest absolute Gasteiger partial charge is 0.496 e. The van der Waals surface area contributed by atoms with E-state index in [-0.39, 0.29) is 17.4 Å². The molecule has 0 spiro atoms. The van der Waals surface area contributed by atoms with Gasteiger partial charge in [-0.3, -0.25) is 19.6 Å². The van der Waals surface area contributed by atoms with Gasteiger partial charge in [-0.15, -0.1) is 0 Å². The van der Waals surface area contributed by atoms with Crippen LogP contribution in [0.25, 0.3) is 11.1 Å². The molecule has 0 radical (unpaired) electrons. The Bertz CT molecular complexity index is 1280. The normalized spacial score (nSPS) is 15.2.